The van der Waals surface area contributed by atoms with Gasteiger partial charge in [-0.15, -0.1) is 0 Å². The molecule has 0 bridgehead atoms. The molecule has 2 aliphatic rings. The van der Waals surface area contributed by atoms with E-state index in [4.69, 9.17) is 14.5 Å². The van der Waals surface area contributed by atoms with Crippen molar-refractivity contribution in [3.05, 3.63) is 30.1 Å². The fraction of sp³-hybridized carbons (Fsp3) is 0.667. The van der Waals surface area contributed by atoms with Crippen LogP contribution in [0.1, 0.15) is 32.6 Å². The summed E-state index contributed by atoms with van der Waals surface area (Å²) in [5.74, 6) is 0.661. The molecule has 0 aromatic heterocycles. The van der Waals surface area contributed by atoms with Crippen LogP contribution in [0.3, 0.4) is 0 Å². The molecule has 1 aromatic rings. The van der Waals surface area contributed by atoms with Gasteiger partial charge in [0.15, 0.2) is 5.96 Å². The van der Waals surface area contributed by atoms with Crippen molar-refractivity contribution in [1.82, 2.24) is 10.6 Å². The average Bonchev–Trinajstić information content (AvgIpc) is 2.73. The number of nitrogens with zero attached hydrogens (tertiary/aromatic N) is 2. The Hall–Kier alpha value is -1.86. The number of hydrogen-bond donors (Lipinski definition) is 2. The van der Waals surface area contributed by atoms with Crippen molar-refractivity contribution in [2.75, 3.05) is 51.4 Å². The van der Waals surface area contributed by atoms with Crippen molar-refractivity contribution in [2.45, 2.75) is 44.2 Å². The summed E-state index contributed by atoms with van der Waals surface area (Å²) in [5, 5.41) is 6.92. The van der Waals surface area contributed by atoms with Gasteiger partial charge >= 0.3 is 0 Å². The first-order valence-electron chi connectivity index (χ1n) is 10.3. The minimum Gasteiger partial charge on any atom is -0.381 e. The molecule has 2 heterocycles. The van der Waals surface area contributed by atoms with Crippen LogP contribution in [-0.4, -0.2) is 64.1 Å². The Morgan fingerprint density at radius 2 is 2.07 bits per heavy atom. The lowest BCUT2D eigenvalue weighted by Crippen LogP contribution is -2.49. The van der Waals surface area contributed by atoms with Gasteiger partial charge < -0.3 is 25.0 Å². The number of rotatable bonds is 6. The summed E-state index contributed by atoms with van der Waals surface area (Å²) in [4.78, 5) is 7.06. The highest BCUT2D eigenvalue weighted by molar-refractivity contribution is 5.80. The SMILES string of the molecule is CCNC(=NCC1(OC)CCOCC1)NC1CCN(c2cccc(F)c2)CC1. The quantitative estimate of drug-likeness (QED) is 0.576. The Labute approximate surface area is 167 Å². The summed E-state index contributed by atoms with van der Waals surface area (Å²) in [7, 11) is 1.77. The van der Waals surface area contributed by atoms with Crippen molar-refractivity contribution in [1.29, 1.82) is 0 Å². The molecule has 156 valence electrons. The Morgan fingerprint density at radius 3 is 2.71 bits per heavy atom. The van der Waals surface area contributed by atoms with Crippen LogP contribution in [0, 0.1) is 5.82 Å². The third-order valence-electron chi connectivity index (χ3n) is 5.72. The number of methoxy groups -OCH3 is 1. The molecule has 1 aromatic carbocycles. The Kier molecular flexibility index (Phi) is 7.50. The lowest BCUT2D eigenvalue weighted by molar-refractivity contribution is -0.0828. The number of benzene rings is 1. The first-order valence-corrected chi connectivity index (χ1v) is 10.3. The Balaban J connectivity index is 1.54. The summed E-state index contributed by atoms with van der Waals surface area (Å²) >= 11 is 0. The first-order chi connectivity index (χ1) is 13.6. The van der Waals surface area contributed by atoms with E-state index >= 15 is 0 Å². The Morgan fingerprint density at radius 1 is 1.32 bits per heavy atom. The predicted octanol–water partition coefficient (Wildman–Crippen LogP) is 2.55. The average molecular weight is 393 g/mol. The number of halogens is 1. The zero-order chi connectivity index (χ0) is 19.8. The second kappa shape index (κ2) is 10.1. The van der Waals surface area contributed by atoms with E-state index in [1.165, 1.54) is 6.07 Å². The van der Waals surface area contributed by atoms with Crippen LogP contribution in [0.4, 0.5) is 10.1 Å². The normalized spacial score (nSPS) is 20.8. The minimum absolute atomic E-state index is 0.181. The van der Waals surface area contributed by atoms with Gasteiger partial charge in [-0.1, -0.05) is 6.07 Å². The van der Waals surface area contributed by atoms with Crippen LogP contribution < -0.4 is 15.5 Å². The molecule has 2 N–H and O–H groups in total. The van der Waals surface area contributed by atoms with Crippen molar-refractivity contribution < 1.29 is 13.9 Å². The van der Waals surface area contributed by atoms with Gasteiger partial charge in [-0.3, -0.25) is 4.99 Å². The highest BCUT2D eigenvalue weighted by atomic mass is 19.1. The zero-order valence-corrected chi connectivity index (χ0v) is 17.0. The molecule has 2 saturated heterocycles. The lowest BCUT2D eigenvalue weighted by Gasteiger charge is -2.36. The molecular formula is C21H33FN4O2. The van der Waals surface area contributed by atoms with Gasteiger partial charge in [-0.05, 0) is 38.0 Å². The third-order valence-corrected chi connectivity index (χ3v) is 5.72. The molecule has 0 spiro atoms. The van der Waals surface area contributed by atoms with Gasteiger partial charge in [-0.25, -0.2) is 4.39 Å². The molecule has 2 aliphatic heterocycles. The number of piperidine rings is 1. The maximum Gasteiger partial charge on any atom is 0.191 e. The molecule has 0 saturated carbocycles. The van der Waals surface area contributed by atoms with Crippen LogP contribution in [-0.2, 0) is 9.47 Å². The smallest absolute Gasteiger partial charge is 0.191 e. The summed E-state index contributed by atoms with van der Waals surface area (Å²) in [5.41, 5.74) is 0.738. The van der Waals surface area contributed by atoms with Crippen LogP contribution in [0.25, 0.3) is 0 Å². The standard InChI is InChI=1S/C21H33FN4O2/c1-3-23-20(24-16-21(27-2)9-13-28-14-10-21)25-18-7-11-26(12-8-18)19-6-4-5-17(22)15-19/h4-6,15,18H,3,7-14,16H2,1-2H3,(H2,23,24,25). The Bertz CT molecular complexity index is 641. The summed E-state index contributed by atoms with van der Waals surface area (Å²) in [6.45, 7) is 6.78. The number of aliphatic imine (C=N–C) groups is 1. The van der Waals surface area contributed by atoms with Crippen LogP contribution in [0.2, 0.25) is 0 Å². The summed E-state index contributed by atoms with van der Waals surface area (Å²) < 4.78 is 24.7. The molecular weight excluding hydrogens is 359 g/mol. The van der Waals surface area contributed by atoms with Gasteiger partial charge in [0, 0.05) is 64.5 Å². The molecule has 2 fully saturated rings. The summed E-state index contributed by atoms with van der Waals surface area (Å²) in [6, 6.07) is 7.20. The molecule has 6 nitrogen and oxygen atoms in total. The van der Waals surface area contributed by atoms with Crippen LogP contribution >= 0.6 is 0 Å². The molecule has 28 heavy (non-hydrogen) atoms. The molecule has 0 amide bonds. The highest BCUT2D eigenvalue weighted by Crippen LogP contribution is 2.25. The summed E-state index contributed by atoms with van der Waals surface area (Å²) in [6.07, 6.45) is 3.73. The van der Waals surface area contributed by atoms with E-state index in [1.807, 2.05) is 6.07 Å². The van der Waals surface area contributed by atoms with Gasteiger partial charge in [0.25, 0.3) is 0 Å². The monoisotopic (exact) mass is 392 g/mol. The largest absolute Gasteiger partial charge is 0.381 e. The predicted molar refractivity (Wildman–Crippen MR) is 111 cm³/mol. The highest BCUT2D eigenvalue weighted by Gasteiger charge is 2.32. The first kappa shape index (κ1) is 20.9. The van der Waals surface area contributed by atoms with E-state index < -0.39 is 0 Å². The number of hydrogen-bond acceptors (Lipinski definition) is 4. The molecule has 0 radical (unpaired) electrons. The number of guanidine groups is 1. The van der Waals surface area contributed by atoms with E-state index in [1.54, 1.807) is 19.2 Å². The zero-order valence-electron chi connectivity index (χ0n) is 17.0. The van der Waals surface area contributed by atoms with Gasteiger partial charge in [0.1, 0.15) is 5.82 Å². The molecule has 7 heteroatoms. The maximum absolute atomic E-state index is 13.5. The van der Waals surface area contributed by atoms with E-state index in [-0.39, 0.29) is 11.4 Å². The van der Waals surface area contributed by atoms with Crippen molar-refractivity contribution >= 4 is 11.6 Å². The van der Waals surface area contributed by atoms with Crippen molar-refractivity contribution in [2.24, 2.45) is 4.99 Å². The van der Waals surface area contributed by atoms with E-state index in [0.29, 0.717) is 12.6 Å². The van der Waals surface area contributed by atoms with Crippen LogP contribution in [0.15, 0.2) is 29.3 Å². The van der Waals surface area contributed by atoms with Crippen LogP contribution in [0.5, 0.6) is 0 Å². The minimum atomic E-state index is -0.221. The van der Waals surface area contributed by atoms with Gasteiger partial charge in [0.2, 0.25) is 0 Å². The fourth-order valence-corrected chi connectivity index (χ4v) is 3.86. The van der Waals surface area contributed by atoms with Gasteiger partial charge in [-0.2, -0.15) is 0 Å². The van der Waals surface area contributed by atoms with E-state index in [9.17, 15) is 4.39 Å². The van der Waals surface area contributed by atoms with E-state index in [0.717, 1.165) is 70.2 Å². The second-order valence-corrected chi connectivity index (χ2v) is 7.58. The third kappa shape index (κ3) is 5.58. The van der Waals surface area contributed by atoms with Crippen molar-refractivity contribution in [3.63, 3.8) is 0 Å². The molecule has 3 rings (SSSR count). The topological polar surface area (TPSA) is 58.1 Å². The number of ether oxygens (including phenoxy) is 2. The number of nitrogens with one attached hydrogen (secondary N) is 2. The number of anilines is 1. The molecule has 0 atom stereocenters. The lowest BCUT2D eigenvalue weighted by atomic mass is 9.94. The maximum atomic E-state index is 13.5. The second-order valence-electron chi connectivity index (χ2n) is 7.58. The van der Waals surface area contributed by atoms with Crippen molar-refractivity contribution in [3.8, 4) is 0 Å². The molecule has 0 unspecified atom stereocenters. The molecule has 0 aliphatic carbocycles. The van der Waals surface area contributed by atoms with Gasteiger partial charge in [0.05, 0.1) is 12.1 Å². The van der Waals surface area contributed by atoms with E-state index in [2.05, 4.69) is 22.5 Å². The fourth-order valence-electron chi connectivity index (χ4n) is 3.86.